The van der Waals surface area contributed by atoms with E-state index in [2.05, 4.69) is 5.32 Å². The number of amides is 1. The molecule has 4 nitrogen and oxygen atoms in total. The minimum absolute atomic E-state index is 0.0376. The van der Waals surface area contributed by atoms with Gasteiger partial charge in [0.1, 0.15) is 0 Å². The smallest absolute Gasteiger partial charge is 0.238 e. The zero-order chi connectivity index (χ0) is 14.1. The van der Waals surface area contributed by atoms with E-state index < -0.39 is 0 Å². The van der Waals surface area contributed by atoms with Gasteiger partial charge in [0, 0.05) is 5.69 Å². The first-order valence-corrected chi connectivity index (χ1v) is 6.87. The third kappa shape index (κ3) is 6.36. The predicted octanol–water partition coefficient (Wildman–Crippen LogP) is 1.99. The van der Waals surface area contributed by atoms with Crippen LogP contribution in [0.2, 0.25) is 0 Å². The molecule has 1 aromatic carbocycles. The van der Waals surface area contributed by atoms with Crippen LogP contribution < -0.4 is 11.1 Å². The molecule has 4 heteroatoms. The van der Waals surface area contributed by atoms with E-state index in [0.29, 0.717) is 6.54 Å². The number of hydrogen-bond donors (Lipinski definition) is 2. The number of aryl methyl sites for hydroxylation is 1. The number of anilines is 1. The molecule has 0 heterocycles. The van der Waals surface area contributed by atoms with E-state index in [1.807, 2.05) is 43.1 Å². The van der Waals surface area contributed by atoms with Crippen molar-refractivity contribution in [3.05, 3.63) is 29.8 Å². The van der Waals surface area contributed by atoms with Gasteiger partial charge < -0.3 is 11.1 Å². The number of unbranched alkanes of at least 4 members (excludes halogenated alkanes) is 2. The van der Waals surface area contributed by atoms with Gasteiger partial charge in [-0.3, -0.25) is 9.69 Å². The van der Waals surface area contributed by atoms with Crippen molar-refractivity contribution in [2.75, 3.05) is 32.0 Å². The molecule has 0 spiro atoms. The number of nitrogens with two attached hydrogens (primary N) is 1. The van der Waals surface area contributed by atoms with Gasteiger partial charge in [-0.1, -0.05) is 24.6 Å². The van der Waals surface area contributed by atoms with Gasteiger partial charge in [-0.15, -0.1) is 0 Å². The summed E-state index contributed by atoms with van der Waals surface area (Å²) in [5, 5.41) is 2.94. The quantitative estimate of drug-likeness (QED) is 0.705. The molecular formula is C15H25N3O. The van der Waals surface area contributed by atoms with E-state index in [0.717, 1.165) is 43.6 Å². The van der Waals surface area contributed by atoms with Crippen LogP contribution in [-0.4, -0.2) is 37.5 Å². The van der Waals surface area contributed by atoms with Gasteiger partial charge in [0.25, 0.3) is 0 Å². The van der Waals surface area contributed by atoms with Crippen molar-refractivity contribution in [1.82, 2.24) is 4.90 Å². The Balaban J connectivity index is 2.29. The zero-order valence-electron chi connectivity index (χ0n) is 12.0. The maximum atomic E-state index is 11.9. The fraction of sp³-hybridized carbons (Fsp3) is 0.533. The molecule has 0 atom stereocenters. The Kier molecular flexibility index (Phi) is 7.15. The Labute approximate surface area is 116 Å². The van der Waals surface area contributed by atoms with Gasteiger partial charge in [-0.05, 0) is 51.5 Å². The van der Waals surface area contributed by atoms with Gasteiger partial charge in [-0.2, -0.15) is 0 Å². The third-order valence-electron chi connectivity index (χ3n) is 3.08. The summed E-state index contributed by atoms with van der Waals surface area (Å²) in [7, 11) is 1.97. The lowest BCUT2D eigenvalue weighted by Crippen LogP contribution is -2.31. The zero-order valence-corrected chi connectivity index (χ0v) is 12.0. The number of carbonyl (C=O) groups excluding carboxylic acids is 1. The van der Waals surface area contributed by atoms with Gasteiger partial charge in [0.15, 0.2) is 0 Å². The van der Waals surface area contributed by atoms with Crippen LogP contribution in [0.3, 0.4) is 0 Å². The highest BCUT2D eigenvalue weighted by Crippen LogP contribution is 2.12. The fourth-order valence-corrected chi connectivity index (χ4v) is 1.93. The summed E-state index contributed by atoms with van der Waals surface area (Å²) < 4.78 is 0. The summed E-state index contributed by atoms with van der Waals surface area (Å²) in [6.45, 7) is 4.10. The number of hydrogen-bond acceptors (Lipinski definition) is 3. The molecule has 0 unspecified atom stereocenters. The van der Waals surface area contributed by atoms with Crippen LogP contribution >= 0.6 is 0 Å². The Bertz CT molecular complexity index is 393. The molecule has 106 valence electrons. The van der Waals surface area contributed by atoms with E-state index in [4.69, 9.17) is 5.73 Å². The minimum Gasteiger partial charge on any atom is -0.330 e. The number of nitrogens with zero attached hydrogens (tertiary/aromatic N) is 1. The van der Waals surface area contributed by atoms with Crippen LogP contribution in [0.1, 0.15) is 24.8 Å². The molecule has 1 aromatic rings. The lowest BCUT2D eigenvalue weighted by Gasteiger charge is -2.16. The summed E-state index contributed by atoms with van der Waals surface area (Å²) in [6, 6.07) is 7.81. The molecule has 0 aromatic heterocycles. The number of likely N-dealkylation sites (N-methyl/N-ethyl adjacent to an activating group) is 1. The summed E-state index contributed by atoms with van der Waals surface area (Å²) >= 11 is 0. The van der Waals surface area contributed by atoms with Crippen LogP contribution in [0.4, 0.5) is 5.69 Å². The van der Waals surface area contributed by atoms with Crippen LogP contribution in [0.15, 0.2) is 24.3 Å². The van der Waals surface area contributed by atoms with Crippen molar-refractivity contribution in [1.29, 1.82) is 0 Å². The summed E-state index contributed by atoms with van der Waals surface area (Å²) in [5.74, 6) is 0.0376. The van der Waals surface area contributed by atoms with Crippen molar-refractivity contribution < 1.29 is 4.79 Å². The molecule has 19 heavy (non-hydrogen) atoms. The second-order valence-electron chi connectivity index (χ2n) is 4.95. The first-order chi connectivity index (χ1) is 9.13. The highest BCUT2D eigenvalue weighted by atomic mass is 16.2. The normalized spacial score (nSPS) is 10.7. The number of nitrogens with one attached hydrogen (secondary N) is 1. The lowest BCUT2D eigenvalue weighted by atomic mass is 10.2. The Hall–Kier alpha value is -1.39. The van der Waals surface area contributed by atoms with Gasteiger partial charge in [-0.25, -0.2) is 0 Å². The Morgan fingerprint density at radius 2 is 2.00 bits per heavy atom. The minimum atomic E-state index is 0.0376. The molecule has 0 aliphatic rings. The standard InChI is InChI=1S/C15H25N3O/c1-13-8-4-5-9-14(13)17-15(19)12-18(2)11-7-3-6-10-16/h4-5,8-9H,3,6-7,10-12,16H2,1-2H3,(H,17,19). The molecule has 0 aliphatic carbocycles. The second-order valence-corrected chi connectivity index (χ2v) is 4.95. The van der Waals surface area contributed by atoms with Gasteiger partial charge in [0.05, 0.1) is 6.54 Å². The van der Waals surface area contributed by atoms with E-state index in [-0.39, 0.29) is 5.91 Å². The summed E-state index contributed by atoms with van der Waals surface area (Å²) in [4.78, 5) is 13.9. The van der Waals surface area contributed by atoms with Gasteiger partial charge >= 0.3 is 0 Å². The number of benzene rings is 1. The molecule has 1 amide bonds. The summed E-state index contributed by atoms with van der Waals surface area (Å²) in [6.07, 6.45) is 3.27. The number of para-hydroxylation sites is 1. The molecule has 0 fully saturated rings. The van der Waals surface area contributed by atoms with Crippen LogP contribution in [-0.2, 0) is 4.79 Å². The Morgan fingerprint density at radius 1 is 1.26 bits per heavy atom. The van der Waals surface area contributed by atoms with Crippen molar-refractivity contribution in [3.8, 4) is 0 Å². The second kappa shape index (κ2) is 8.67. The van der Waals surface area contributed by atoms with Crippen LogP contribution in [0.5, 0.6) is 0 Å². The lowest BCUT2D eigenvalue weighted by molar-refractivity contribution is -0.117. The largest absolute Gasteiger partial charge is 0.330 e. The molecule has 0 radical (unpaired) electrons. The highest BCUT2D eigenvalue weighted by molar-refractivity contribution is 5.92. The molecule has 3 N–H and O–H groups in total. The number of rotatable bonds is 8. The van der Waals surface area contributed by atoms with E-state index in [1.165, 1.54) is 0 Å². The molecule has 0 saturated carbocycles. The maximum Gasteiger partial charge on any atom is 0.238 e. The van der Waals surface area contributed by atoms with E-state index >= 15 is 0 Å². The van der Waals surface area contributed by atoms with E-state index in [1.54, 1.807) is 0 Å². The first-order valence-electron chi connectivity index (χ1n) is 6.87. The van der Waals surface area contributed by atoms with Crippen molar-refractivity contribution in [2.45, 2.75) is 26.2 Å². The monoisotopic (exact) mass is 263 g/mol. The van der Waals surface area contributed by atoms with Crippen molar-refractivity contribution in [3.63, 3.8) is 0 Å². The SMILES string of the molecule is Cc1ccccc1NC(=O)CN(C)CCCCCN. The number of carbonyl (C=O) groups is 1. The average molecular weight is 263 g/mol. The molecule has 0 saturated heterocycles. The van der Waals surface area contributed by atoms with E-state index in [9.17, 15) is 4.79 Å². The third-order valence-corrected chi connectivity index (χ3v) is 3.08. The highest BCUT2D eigenvalue weighted by Gasteiger charge is 2.07. The predicted molar refractivity (Wildman–Crippen MR) is 80.2 cm³/mol. The van der Waals surface area contributed by atoms with Crippen LogP contribution in [0, 0.1) is 6.92 Å². The maximum absolute atomic E-state index is 11.9. The summed E-state index contributed by atoms with van der Waals surface area (Å²) in [5.41, 5.74) is 7.43. The van der Waals surface area contributed by atoms with Crippen LogP contribution in [0.25, 0.3) is 0 Å². The topological polar surface area (TPSA) is 58.4 Å². The molecule has 1 rings (SSSR count). The van der Waals surface area contributed by atoms with Gasteiger partial charge in [0.2, 0.25) is 5.91 Å². The average Bonchev–Trinajstić information content (AvgIpc) is 2.37. The fourth-order valence-electron chi connectivity index (χ4n) is 1.93. The molecule has 0 bridgehead atoms. The molecule has 0 aliphatic heterocycles. The molecular weight excluding hydrogens is 238 g/mol. The van der Waals surface area contributed by atoms with Crippen molar-refractivity contribution >= 4 is 11.6 Å². The Morgan fingerprint density at radius 3 is 2.68 bits per heavy atom. The van der Waals surface area contributed by atoms with Crippen molar-refractivity contribution in [2.24, 2.45) is 5.73 Å². The first kappa shape index (κ1) is 15.7.